The van der Waals surface area contributed by atoms with Gasteiger partial charge in [0, 0.05) is 16.2 Å². The predicted octanol–water partition coefficient (Wildman–Crippen LogP) is 3.94. The van der Waals surface area contributed by atoms with Crippen LogP contribution in [0, 0.1) is 6.92 Å². The maximum Gasteiger partial charge on any atom is 0.135 e. The maximum absolute atomic E-state index is 5.78. The van der Waals surface area contributed by atoms with Gasteiger partial charge in [-0.2, -0.15) is 0 Å². The van der Waals surface area contributed by atoms with Gasteiger partial charge in [-0.25, -0.2) is 9.97 Å². The first-order chi connectivity index (χ1) is 7.65. The lowest BCUT2D eigenvalue weighted by molar-refractivity contribution is 1.16. The Morgan fingerprint density at radius 2 is 2.06 bits per heavy atom. The molecule has 0 aliphatic carbocycles. The molecule has 0 amide bonds. The first-order valence-corrected chi connectivity index (χ1v) is 5.83. The van der Waals surface area contributed by atoms with Crippen molar-refractivity contribution in [2.45, 2.75) is 6.92 Å². The van der Waals surface area contributed by atoms with E-state index in [1.807, 2.05) is 25.1 Å². The SMILES string of the molecule is Cc1cc(Br)ccc1Nc1cc(Cl)ncn1. The summed E-state index contributed by atoms with van der Waals surface area (Å²) in [5, 5.41) is 3.61. The van der Waals surface area contributed by atoms with Crippen LogP contribution in [0.4, 0.5) is 11.5 Å². The molecule has 2 rings (SSSR count). The number of nitrogens with one attached hydrogen (secondary N) is 1. The summed E-state index contributed by atoms with van der Waals surface area (Å²) >= 11 is 9.20. The Morgan fingerprint density at radius 3 is 2.75 bits per heavy atom. The normalized spacial score (nSPS) is 10.2. The molecule has 82 valence electrons. The lowest BCUT2D eigenvalue weighted by Gasteiger charge is -2.08. The monoisotopic (exact) mass is 297 g/mol. The third-order valence-corrected chi connectivity index (χ3v) is 2.78. The number of hydrogen-bond donors (Lipinski definition) is 1. The molecule has 0 spiro atoms. The average molecular weight is 299 g/mol. The second kappa shape index (κ2) is 4.80. The fourth-order valence-corrected chi connectivity index (χ4v) is 1.93. The third-order valence-electron chi connectivity index (χ3n) is 2.08. The Kier molecular flexibility index (Phi) is 3.41. The van der Waals surface area contributed by atoms with Crippen molar-refractivity contribution in [1.29, 1.82) is 0 Å². The molecular weight excluding hydrogens is 289 g/mol. The van der Waals surface area contributed by atoms with Gasteiger partial charge in [0.15, 0.2) is 0 Å². The van der Waals surface area contributed by atoms with Gasteiger partial charge >= 0.3 is 0 Å². The molecule has 0 aliphatic heterocycles. The van der Waals surface area contributed by atoms with Crippen LogP contribution < -0.4 is 5.32 Å². The van der Waals surface area contributed by atoms with Gasteiger partial charge in [0.1, 0.15) is 17.3 Å². The Balaban J connectivity index is 2.27. The van der Waals surface area contributed by atoms with Crippen LogP contribution in [0.1, 0.15) is 5.56 Å². The number of anilines is 2. The molecule has 1 aromatic carbocycles. The van der Waals surface area contributed by atoms with Crippen molar-refractivity contribution < 1.29 is 0 Å². The van der Waals surface area contributed by atoms with Crippen molar-refractivity contribution in [2.24, 2.45) is 0 Å². The molecule has 0 bridgehead atoms. The quantitative estimate of drug-likeness (QED) is 0.853. The molecule has 0 saturated heterocycles. The standard InChI is InChI=1S/C11H9BrClN3/c1-7-4-8(12)2-3-9(7)16-11-5-10(13)14-6-15-11/h2-6H,1H3,(H,14,15,16). The molecule has 0 radical (unpaired) electrons. The minimum atomic E-state index is 0.423. The lowest BCUT2D eigenvalue weighted by atomic mass is 10.2. The van der Waals surface area contributed by atoms with E-state index in [1.54, 1.807) is 6.07 Å². The third kappa shape index (κ3) is 2.71. The van der Waals surface area contributed by atoms with Gasteiger partial charge in [0.2, 0.25) is 0 Å². The van der Waals surface area contributed by atoms with E-state index >= 15 is 0 Å². The van der Waals surface area contributed by atoms with Crippen molar-refractivity contribution in [3.8, 4) is 0 Å². The second-order valence-corrected chi connectivity index (χ2v) is 4.61. The Bertz CT molecular complexity index is 516. The van der Waals surface area contributed by atoms with Crippen LogP contribution in [-0.4, -0.2) is 9.97 Å². The molecule has 0 aliphatic rings. The van der Waals surface area contributed by atoms with E-state index in [2.05, 4.69) is 31.2 Å². The van der Waals surface area contributed by atoms with Crippen LogP contribution in [0.15, 0.2) is 35.1 Å². The van der Waals surface area contributed by atoms with Gasteiger partial charge < -0.3 is 5.32 Å². The van der Waals surface area contributed by atoms with E-state index in [1.165, 1.54) is 6.33 Å². The number of aromatic nitrogens is 2. The molecule has 1 heterocycles. The number of halogens is 2. The van der Waals surface area contributed by atoms with E-state index < -0.39 is 0 Å². The molecule has 0 unspecified atom stereocenters. The van der Waals surface area contributed by atoms with Crippen LogP contribution >= 0.6 is 27.5 Å². The van der Waals surface area contributed by atoms with Crippen molar-refractivity contribution in [3.63, 3.8) is 0 Å². The molecule has 16 heavy (non-hydrogen) atoms. The first-order valence-electron chi connectivity index (χ1n) is 4.66. The highest BCUT2D eigenvalue weighted by molar-refractivity contribution is 9.10. The molecular formula is C11H9BrClN3. The van der Waals surface area contributed by atoms with E-state index in [0.717, 1.165) is 15.7 Å². The number of benzene rings is 1. The maximum atomic E-state index is 5.78. The lowest BCUT2D eigenvalue weighted by Crippen LogP contribution is -1.96. The van der Waals surface area contributed by atoms with Crippen LogP contribution in [0.5, 0.6) is 0 Å². The Hall–Kier alpha value is -1.13. The summed E-state index contributed by atoms with van der Waals surface area (Å²) in [5.74, 6) is 0.686. The zero-order chi connectivity index (χ0) is 11.5. The molecule has 2 aromatic rings. The highest BCUT2D eigenvalue weighted by Gasteiger charge is 2.01. The van der Waals surface area contributed by atoms with Crippen LogP contribution in [-0.2, 0) is 0 Å². The van der Waals surface area contributed by atoms with Gasteiger partial charge in [-0.05, 0) is 30.7 Å². The summed E-state index contributed by atoms with van der Waals surface area (Å²) < 4.78 is 1.05. The van der Waals surface area contributed by atoms with Crippen LogP contribution in [0.3, 0.4) is 0 Å². The molecule has 0 atom stereocenters. The summed E-state index contributed by atoms with van der Waals surface area (Å²) in [4.78, 5) is 7.90. The zero-order valence-electron chi connectivity index (χ0n) is 8.54. The zero-order valence-corrected chi connectivity index (χ0v) is 10.9. The predicted molar refractivity (Wildman–Crippen MR) is 69.2 cm³/mol. The topological polar surface area (TPSA) is 37.8 Å². The summed E-state index contributed by atoms with van der Waals surface area (Å²) in [6.45, 7) is 2.02. The van der Waals surface area contributed by atoms with Gasteiger partial charge in [0.05, 0.1) is 0 Å². The Morgan fingerprint density at radius 1 is 1.25 bits per heavy atom. The smallest absolute Gasteiger partial charge is 0.135 e. The average Bonchev–Trinajstić information content (AvgIpc) is 2.22. The summed E-state index contributed by atoms with van der Waals surface area (Å²) in [6.07, 6.45) is 1.43. The Labute approximate surface area is 107 Å². The largest absolute Gasteiger partial charge is 0.340 e. The summed E-state index contributed by atoms with van der Waals surface area (Å²) in [7, 11) is 0. The van der Waals surface area contributed by atoms with Crippen LogP contribution in [0.2, 0.25) is 5.15 Å². The number of aryl methyl sites for hydroxylation is 1. The van der Waals surface area contributed by atoms with Gasteiger partial charge in [-0.3, -0.25) is 0 Å². The van der Waals surface area contributed by atoms with Crippen LogP contribution in [0.25, 0.3) is 0 Å². The molecule has 0 saturated carbocycles. The van der Waals surface area contributed by atoms with Crippen molar-refractivity contribution in [2.75, 3.05) is 5.32 Å². The minimum absolute atomic E-state index is 0.423. The van der Waals surface area contributed by atoms with Gasteiger partial charge in [-0.15, -0.1) is 0 Å². The van der Waals surface area contributed by atoms with E-state index in [4.69, 9.17) is 11.6 Å². The fourth-order valence-electron chi connectivity index (χ4n) is 1.31. The van der Waals surface area contributed by atoms with Crippen molar-refractivity contribution >= 4 is 39.0 Å². The summed E-state index contributed by atoms with van der Waals surface area (Å²) in [5.41, 5.74) is 2.13. The molecule has 0 fully saturated rings. The highest BCUT2D eigenvalue weighted by atomic mass is 79.9. The van der Waals surface area contributed by atoms with Crippen molar-refractivity contribution in [1.82, 2.24) is 9.97 Å². The number of nitrogens with zero attached hydrogens (tertiary/aromatic N) is 2. The highest BCUT2D eigenvalue weighted by Crippen LogP contribution is 2.23. The van der Waals surface area contributed by atoms with Crippen molar-refractivity contribution in [3.05, 3.63) is 45.8 Å². The minimum Gasteiger partial charge on any atom is -0.340 e. The number of rotatable bonds is 2. The molecule has 3 nitrogen and oxygen atoms in total. The van der Waals surface area contributed by atoms with E-state index in [-0.39, 0.29) is 0 Å². The van der Waals surface area contributed by atoms with E-state index in [0.29, 0.717) is 11.0 Å². The second-order valence-electron chi connectivity index (χ2n) is 3.31. The van der Waals surface area contributed by atoms with E-state index in [9.17, 15) is 0 Å². The first kappa shape index (κ1) is 11.4. The molecule has 1 aromatic heterocycles. The molecule has 1 N–H and O–H groups in total. The van der Waals surface area contributed by atoms with Gasteiger partial charge in [0.25, 0.3) is 0 Å². The fraction of sp³-hybridized carbons (Fsp3) is 0.0909. The number of hydrogen-bond acceptors (Lipinski definition) is 3. The molecule has 5 heteroatoms. The van der Waals surface area contributed by atoms with Gasteiger partial charge in [-0.1, -0.05) is 27.5 Å². The summed E-state index contributed by atoms with van der Waals surface area (Å²) in [6, 6.07) is 7.67.